The van der Waals surface area contributed by atoms with E-state index in [0.29, 0.717) is 5.69 Å². The summed E-state index contributed by atoms with van der Waals surface area (Å²) in [5.74, 6) is -1.26. The summed E-state index contributed by atoms with van der Waals surface area (Å²) in [6, 6.07) is 10.4. The second-order valence-corrected chi connectivity index (χ2v) is 6.57. The molecule has 140 valence electrons. The van der Waals surface area contributed by atoms with E-state index in [4.69, 9.17) is 4.74 Å². The molecule has 2 aromatic rings. The van der Waals surface area contributed by atoms with Crippen LogP contribution in [0.5, 0.6) is 5.75 Å². The Balaban J connectivity index is 1.99. The van der Waals surface area contributed by atoms with Crippen molar-refractivity contribution in [3.8, 4) is 5.75 Å². The maximum absolute atomic E-state index is 12.9. The molecule has 1 unspecified atom stereocenters. The zero-order valence-electron chi connectivity index (χ0n) is 15.0. The first-order valence-electron chi connectivity index (χ1n) is 8.25. The topological polar surface area (TPSA) is 115 Å². The molecule has 0 fully saturated rings. The minimum Gasteiger partial charge on any atom is -0.472 e. The SMILES string of the molecule is CC(C(=O)Nc1ccccc1)N1C(=O)C(C)(C)Oc2ccc([N+](=O)[O-])nc21. The van der Waals surface area contributed by atoms with Gasteiger partial charge < -0.3 is 20.2 Å². The Bertz CT molecular complexity index is 913. The van der Waals surface area contributed by atoms with Crippen molar-refractivity contribution in [1.82, 2.24) is 4.98 Å². The number of carbonyl (C=O) groups is 2. The van der Waals surface area contributed by atoms with Crippen LogP contribution in [0.2, 0.25) is 0 Å². The van der Waals surface area contributed by atoms with Crippen molar-refractivity contribution in [1.29, 1.82) is 0 Å². The number of rotatable bonds is 4. The number of amides is 2. The summed E-state index contributed by atoms with van der Waals surface area (Å²) in [7, 11) is 0. The predicted molar refractivity (Wildman–Crippen MR) is 97.6 cm³/mol. The third-order valence-corrected chi connectivity index (χ3v) is 4.15. The van der Waals surface area contributed by atoms with Gasteiger partial charge in [-0.05, 0) is 48.9 Å². The number of fused-ring (bicyclic) bond motifs is 1. The molecule has 27 heavy (non-hydrogen) atoms. The van der Waals surface area contributed by atoms with Crippen LogP contribution >= 0.6 is 0 Å². The number of hydrogen-bond donors (Lipinski definition) is 1. The highest BCUT2D eigenvalue weighted by atomic mass is 16.6. The number of aromatic nitrogens is 1. The van der Waals surface area contributed by atoms with Gasteiger partial charge in [0, 0.05) is 11.8 Å². The Morgan fingerprint density at radius 3 is 2.56 bits per heavy atom. The molecule has 1 atom stereocenters. The number of pyridine rings is 1. The van der Waals surface area contributed by atoms with Gasteiger partial charge in [-0.3, -0.25) is 14.5 Å². The van der Waals surface area contributed by atoms with Crippen molar-refractivity contribution in [3.63, 3.8) is 0 Å². The molecule has 3 rings (SSSR count). The van der Waals surface area contributed by atoms with E-state index in [1.807, 2.05) is 6.07 Å². The molecule has 1 aromatic heterocycles. The van der Waals surface area contributed by atoms with Gasteiger partial charge in [-0.1, -0.05) is 18.2 Å². The van der Waals surface area contributed by atoms with Crippen LogP contribution in [0.1, 0.15) is 20.8 Å². The second-order valence-electron chi connectivity index (χ2n) is 6.57. The summed E-state index contributed by atoms with van der Waals surface area (Å²) < 4.78 is 5.64. The predicted octanol–water partition coefficient (Wildman–Crippen LogP) is 2.52. The Morgan fingerprint density at radius 2 is 1.93 bits per heavy atom. The lowest BCUT2D eigenvalue weighted by atomic mass is 10.0. The molecule has 1 aromatic carbocycles. The number of nitrogens with one attached hydrogen (secondary N) is 1. The lowest BCUT2D eigenvalue weighted by Crippen LogP contribution is -2.58. The van der Waals surface area contributed by atoms with Gasteiger partial charge in [-0.15, -0.1) is 0 Å². The summed E-state index contributed by atoms with van der Waals surface area (Å²) in [6.45, 7) is 4.66. The van der Waals surface area contributed by atoms with Gasteiger partial charge in [0.2, 0.25) is 5.91 Å². The maximum atomic E-state index is 12.9. The normalized spacial score (nSPS) is 16.1. The molecule has 9 heteroatoms. The molecule has 2 heterocycles. The van der Waals surface area contributed by atoms with Gasteiger partial charge >= 0.3 is 5.82 Å². The quantitative estimate of drug-likeness (QED) is 0.653. The lowest BCUT2D eigenvalue weighted by molar-refractivity contribution is -0.389. The molecule has 1 aliphatic heterocycles. The third-order valence-electron chi connectivity index (χ3n) is 4.15. The Morgan fingerprint density at radius 1 is 1.26 bits per heavy atom. The fourth-order valence-electron chi connectivity index (χ4n) is 2.73. The number of anilines is 2. The number of nitrogens with zero attached hydrogens (tertiary/aromatic N) is 3. The third kappa shape index (κ3) is 3.43. The Hall–Kier alpha value is -3.49. The molecule has 0 radical (unpaired) electrons. The monoisotopic (exact) mass is 370 g/mol. The highest BCUT2D eigenvalue weighted by Gasteiger charge is 2.47. The zero-order valence-corrected chi connectivity index (χ0v) is 15.0. The number of nitro groups is 1. The first-order chi connectivity index (χ1) is 12.7. The van der Waals surface area contributed by atoms with E-state index in [1.165, 1.54) is 19.1 Å². The molecular formula is C18H18N4O5. The number of hydrogen-bond acceptors (Lipinski definition) is 6. The van der Waals surface area contributed by atoms with Gasteiger partial charge in [-0.25, -0.2) is 0 Å². The number of ether oxygens (including phenoxy) is 1. The average Bonchev–Trinajstić information content (AvgIpc) is 2.62. The van der Waals surface area contributed by atoms with Gasteiger partial charge in [0.15, 0.2) is 11.4 Å². The molecule has 0 saturated carbocycles. The van der Waals surface area contributed by atoms with Crippen molar-refractivity contribution in [2.24, 2.45) is 0 Å². The van der Waals surface area contributed by atoms with Crippen molar-refractivity contribution in [2.45, 2.75) is 32.4 Å². The summed E-state index contributed by atoms with van der Waals surface area (Å²) >= 11 is 0. The van der Waals surface area contributed by atoms with Gasteiger partial charge in [0.1, 0.15) is 6.04 Å². The molecule has 1 N–H and O–H groups in total. The first kappa shape index (κ1) is 18.3. The van der Waals surface area contributed by atoms with Gasteiger partial charge in [0.25, 0.3) is 11.7 Å². The largest absolute Gasteiger partial charge is 0.472 e. The molecule has 0 aliphatic carbocycles. The lowest BCUT2D eigenvalue weighted by Gasteiger charge is -2.38. The summed E-state index contributed by atoms with van der Waals surface area (Å²) in [5.41, 5.74) is -0.673. The molecule has 0 spiro atoms. The molecule has 1 aliphatic rings. The number of para-hydroxylation sites is 1. The standard InChI is InChI=1S/C18H18N4O5/c1-11(16(23)19-12-7-5-4-6-8-12)21-15-13(27-18(2,3)17(21)24)9-10-14(20-15)22(25)26/h4-11H,1-3H3,(H,19,23). The van der Waals surface area contributed by atoms with Gasteiger partial charge in [-0.2, -0.15) is 0 Å². The smallest absolute Gasteiger partial charge is 0.366 e. The van der Waals surface area contributed by atoms with E-state index in [-0.39, 0.29) is 11.6 Å². The van der Waals surface area contributed by atoms with Crippen LogP contribution in [0.3, 0.4) is 0 Å². The molecular weight excluding hydrogens is 352 g/mol. The van der Waals surface area contributed by atoms with E-state index in [1.54, 1.807) is 38.1 Å². The van der Waals surface area contributed by atoms with E-state index in [0.717, 1.165) is 4.90 Å². The fourth-order valence-corrected chi connectivity index (χ4v) is 2.73. The first-order valence-corrected chi connectivity index (χ1v) is 8.25. The van der Waals surface area contributed by atoms with E-state index < -0.39 is 34.2 Å². The highest BCUT2D eigenvalue weighted by molar-refractivity contribution is 6.08. The van der Waals surface area contributed by atoms with Crippen LogP contribution in [0, 0.1) is 10.1 Å². The molecule has 0 bridgehead atoms. The Kier molecular flexibility index (Phi) is 4.52. The van der Waals surface area contributed by atoms with Crippen LogP contribution in [0.15, 0.2) is 42.5 Å². The number of carbonyl (C=O) groups excluding carboxylic acids is 2. The highest BCUT2D eigenvalue weighted by Crippen LogP contribution is 2.38. The summed E-state index contributed by atoms with van der Waals surface area (Å²) in [5, 5.41) is 13.8. The average molecular weight is 370 g/mol. The minimum atomic E-state index is -1.24. The maximum Gasteiger partial charge on any atom is 0.366 e. The minimum absolute atomic E-state index is 0.0516. The van der Waals surface area contributed by atoms with Crippen LogP contribution < -0.4 is 15.0 Å². The summed E-state index contributed by atoms with van der Waals surface area (Å²) in [4.78, 5) is 41.1. The molecule has 2 amide bonds. The van der Waals surface area contributed by atoms with Crippen LogP contribution in [-0.2, 0) is 9.59 Å². The van der Waals surface area contributed by atoms with E-state index >= 15 is 0 Å². The summed E-state index contributed by atoms with van der Waals surface area (Å²) in [6.07, 6.45) is 0. The van der Waals surface area contributed by atoms with E-state index in [2.05, 4.69) is 10.3 Å². The van der Waals surface area contributed by atoms with Crippen LogP contribution in [0.25, 0.3) is 0 Å². The van der Waals surface area contributed by atoms with Crippen LogP contribution in [-0.4, -0.2) is 33.4 Å². The van der Waals surface area contributed by atoms with Crippen LogP contribution in [0.4, 0.5) is 17.3 Å². The van der Waals surface area contributed by atoms with E-state index in [9.17, 15) is 19.7 Å². The van der Waals surface area contributed by atoms with Crippen molar-refractivity contribution < 1.29 is 19.2 Å². The second kappa shape index (κ2) is 6.67. The fraction of sp³-hybridized carbons (Fsp3) is 0.278. The van der Waals surface area contributed by atoms with Crippen molar-refractivity contribution >= 4 is 29.1 Å². The number of benzene rings is 1. The molecule has 9 nitrogen and oxygen atoms in total. The zero-order chi connectivity index (χ0) is 19.8. The van der Waals surface area contributed by atoms with Gasteiger partial charge in [0.05, 0.1) is 0 Å². The van der Waals surface area contributed by atoms with Crippen molar-refractivity contribution in [3.05, 3.63) is 52.6 Å². The van der Waals surface area contributed by atoms with Crippen molar-refractivity contribution in [2.75, 3.05) is 10.2 Å². The molecule has 0 saturated heterocycles. The Labute approximate surface area is 155 Å².